The van der Waals surface area contributed by atoms with E-state index in [0.717, 1.165) is 0 Å². The molecule has 0 fully saturated rings. The molecule has 0 aliphatic carbocycles. The summed E-state index contributed by atoms with van der Waals surface area (Å²) in [6, 6.07) is 1.71. The minimum Gasteiger partial charge on any atom is -0.475 e. The average molecular weight is 253 g/mol. The number of hydrogen-bond donors (Lipinski definition) is 0. The standard InChI is InChI=1S/C12H19N3O3/c1-5-15(7-12(16)17-4)10-6-11(14-8-13-10)18-9(2)3/h6,8-9H,5,7H2,1-4H3. The van der Waals surface area contributed by atoms with E-state index in [1.807, 2.05) is 20.8 Å². The van der Waals surface area contributed by atoms with Crippen molar-refractivity contribution in [1.29, 1.82) is 0 Å². The lowest BCUT2D eigenvalue weighted by Crippen LogP contribution is -2.31. The number of rotatable bonds is 6. The number of methoxy groups -OCH3 is 1. The molecule has 0 unspecified atom stereocenters. The molecule has 0 amide bonds. The summed E-state index contributed by atoms with van der Waals surface area (Å²) in [5.41, 5.74) is 0. The largest absolute Gasteiger partial charge is 0.475 e. The Morgan fingerprint density at radius 1 is 1.44 bits per heavy atom. The van der Waals surface area contributed by atoms with Gasteiger partial charge in [-0.25, -0.2) is 9.97 Å². The van der Waals surface area contributed by atoms with Crippen molar-refractivity contribution in [2.24, 2.45) is 0 Å². The van der Waals surface area contributed by atoms with Gasteiger partial charge in [-0.2, -0.15) is 0 Å². The second-order valence-electron chi connectivity index (χ2n) is 3.97. The molecule has 0 atom stereocenters. The summed E-state index contributed by atoms with van der Waals surface area (Å²) in [4.78, 5) is 21.2. The molecule has 0 bridgehead atoms. The Kier molecular flexibility index (Phi) is 5.35. The van der Waals surface area contributed by atoms with Crippen LogP contribution in [0, 0.1) is 0 Å². The van der Waals surface area contributed by atoms with Gasteiger partial charge in [0.05, 0.1) is 13.2 Å². The highest BCUT2D eigenvalue weighted by Crippen LogP contribution is 2.16. The number of hydrogen-bond acceptors (Lipinski definition) is 6. The molecular weight excluding hydrogens is 234 g/mol. The van der Waals surface area contributed by atoms with Gasteiger partial charge in [0, 0.05) is 12.6 Å². The van der Waals surface area contributed by atoms with E-state index in [-0.39, 0.29) is 18.6 Å². The van der Waals surface area contributed by atoms with Gasteiger partial charge in [0.15, 0.2) is 0 Å². The monoisotopic (exact) mass is 253 g/mol. The molecule has 1 rings (SSSR count). The number of ether oxygens (including phenoxy) is 2. The zero-order valence-corrected chi connectivity index (χ0v) is 11.2. The van der Waals surface area contributed by atoms with Gasteiger partial charge < -0.3 is 14.4 Å². The zero-order valence-electron chi connectivity index (χ0n) is 11.2. The summed E-state index contributed by atoms with van der Waals surface area (Å²) in [6.07, 6.45) is 1.47. The summed E-state index contributed by atoms with van der Waals surface area (Å²) in [5.74, 6) is 0.841. The van der Waals surface area contributed by atoms with Crippen LogP contribution < -0.4 is 9.64 Å². The molecule has 1 aromatic heterocycles. The Balaban J connectivity index is 2.82. The van der Waals surface area contributed by atoms with Crippen LogP contribution in [0.1, 0.15) is 20.8 Å². The van der Waals surface area contributed by atoms with E-state index in [4.69, 9.17) is 4.74 Å². The smallest absolute Gasteiger partial charge is 0.325 e. The highest BCUT2D eigenvalue weighted by Gasteiger charge is 2.12. The first-order chi connectivity index (χ1) is 8.56. The topological polar surface area (TPSA) is 64.6 Å². The van der Waals surface area contributed by atoms with Crippen molar-refractivity contribution in [3.8, 4) is 5.88 Å². The average Bonchev–Trinajstić information content (AvgIpc) is 2.35. The van der Waals surface area contributed by atoms with E-state index >= 15 is 0 Å². The SMILES string of the molecule is CCN(CC(=O)OC)c1cc(OC(C)C)ncn1. The quantitative estimate of drug-likeness (QED) is 0.711. The molecule has 0 saturated carbocycles. The van der Waals surface area contributed by atoms with Crippen LogP contribution in [0.3, 0.4) is 0 Å². The molecule has 18 heavy (non-hydrogen) atoms. The number of carbonyl (C=O) groups is 1. The van der Waals surface area contributed by atoms with Gasteiger partial charge in [0.1, 0.15) is 18.7 Å². The van der Waals surface area contributed by atoms with Gasteiger partial charge in [-0.1, -0.05) is 0 Å². The third-order valence-electron chi connectivity index (χ3n) is 2.24. The second-order valence-corrected chi connectivity index (χ2v) is 3.97. The van der Waals surface area contributed by atoms with Crippen molar-refractivity contribution in [3.05, 3.63) is 12.4 Å². The lowest BCUT2D eigenvalue weighted by atomic mass is 10.4. The van der Waals surface area contributed by atoms with Crippen molar-refractivity contribution in [2.75, 3.05) is 25.1 Å². The first-order valence-corrected chi connectivity index (χ1v) is 5.87. The molecule has 0 aliphatic rings. The lowest BCUT2D eigenvalue weighted by Gasteiger charge is -2.20. The summed E-state index contributed by atoms with van der Waals surface area (Å²) in [5, 5.41) is 0. The maximum atomic E-state index is 11.3. The molecule has 6 heteroatoms. The fourth-order valence-corrected chi connectivity index (χ4v) is 1.38. The van der Waals surface area contributed by atoms with E-state index in [1.54, 1.807) is 11.0 Å². The highest BCUT2D eigenvalue weighted by atomic mass is 16.5. The van der Waals surface area contributed by atoms with E-state index < -0.39 is 0 Å². The number of esters is 1. The fraction of sp³-hybridized carbons (Fsp3) is 0.583. The van der Waals surface area contributed by atoms with Crippen molar-refractivity contribution >= 4 is 11.8 Å². The molecule has 1 heterocycles. The van der Waals surface area contributed by atoms with Crippen LogP contribution >= 0.6 is 0 Å². The first-order valence-electron chi connectivity index (χ1n) is 5.87. The second kappa shape index (κ2) is 6.78. The molecule has 6 nitrogen and oxygen atoms in total. The minimum atomic E-state index is -0.304. The van der Waals surface area contributed by atoms with Crippen molar-refractivity contribution < 1.29 is 14.3 Å². The Morgan fingerprint density at radius 2 is 2.17 bits per heavy atom. The Morgan fingerprint density at radius 3 is 2.72 bits per heavy atom. The summed E-state index contributed by atoms with van der Waals surface area (Å²) in [6.45, 7) is 6.59. The molecule has 0 saturated heterocycles. The molecule has 100 valence electrons. The van der Waals surface area contributed by atoms with Crippen LogP contribution in [0.5, 0.6) is 5.88 Å². The fourth-order valence-electron chi connectivity index (χ4n) is 1.38. The molecule has 0 spiro atoms. The van der Waals surface area contributed by atoms with Gasteiger partial charge in [0.2, 0.25) is 5.88 Å². The van der Waals surface area contributed by atoms with Gasteiger partial charge in [-0.15, -0.1) is 0 Å². The van der Waals surface area contributed by atoms with Crippen LogP contribution in [0.2, 0.25) is 0 Å². The van der Waals surface area contributed by atoms with Gasteiger partial charge in [-0.3, -0.25) is 4.79 Å². The number of carbonyl (C=O) groups excluding carboxylic acids is 1. The van der Waals surface area contributed by atoms with Gasteiger partial charge in [-0.05, 0) is 20.8 Å². The summed E-state index contributed by atoms with van der Waals surface area (Å²) in [7, 11) is 1.36. The van der Waals surface area contributed by atoms with E-state index in [9.17, 15) is 4.79 Å². The van der Waals surface area contributed by atoms with E-state index in [1.165, 1.54) is 13.4 Å². The van der Waals surface area contributed by atoms with Crippen LogP contribution in [0.15, 0.2) is 12.4 Å². The van der Waals surface area contributed by atoms with E-state index in [0.29, 0.717) is 18.2 Å². The van der Waals surface area contributed by atoms with Crippen LogP contribution in [-0.2, 0) is 9.53 Å². The summed E-state index contributed by atoms with van der Waals surface area (Å²) >= 11 is 0. The summed E-state index contributed by atoms with van der Waals surface area (Å²) < 4.78 is 10.1. The highest BCUT2D eigenvalue weighted by molar-refractivity contribution is 5.75. The number of anilines is 1. The van der Waals surface area contributed by atoms with Crippen molar-refractivity contribution in [2.45, 2.75) is 26.9 Å². The van der Waals surface area contributed by atoms with Crippen molar-refractivity contribution in [3.63, 3.8) is 0 Å². The van der Waals surface area contributed by atoms with Crippen LogP contribution in [-0.4, -0.2) is 42.2 Å². The normalized spacial score (nSPS) is 10.3. The molecule has 0 radical (unpaired) electrons. The van der Waals surface area contributed by atoms with E-state index in [2.05, 4.69) is 14.7 Å². The predicted molar refractivity (Wildman–Crippen MR) is 67.7 cm³/mol. The van der Waals surface area contributed by atoms with Crippen molar-refractivity contribution in [1.82, 2.24) is 9.97 Å². The Labute approximate surface area is 107 Å². The zero-order chi connectivity index (χ0) is 13.5. The number of aromatic nitrogens is 2. The number of likely N-dealkylation sites (N-methyl/N-ethyl adjacent to an activating group) is 1. The van der Waals surface area contributed by atoms with Gasteiger partial charge >= 0.3 is 5.97 Å². The Bertz CT molecular complexity index is 396. The third-order valence-corrected chi connectivity index (χ3v) is 2.24. The van der Waals surface area contributed by atoms with Crippen LogP contribution in [0.25, 0.3) is 0 Å². The first kappa shape index (κ1) is 14.2. The molecular formula is C12H19N3O3. The molecule has 1 aromatic rings. The Hall–Kier alpha value is -1.85. The van der Waals surface area contributed by atoms with Gasteiger partial charge in [0.25, 0.3) is 0 Å². The molecule has 0 aliphatic heterocycles. The molecule has 0 N–H and O–H groups in total. The predicted octanol–water partition coefficient (Wildman–Crippen LogP) is 1.26. The lowest BCUT2D eigenvalue weighted by molar-refractivity contribution is -0.138. The number of nitrogens with zero attached hydrogens (tertiary/aromatic N) is 3. The molecule has 0 aromatic carbocycles. The third kappa shape index (κ3) is 4.20. The van der Waals surface area contributed by atoms with Crippen LogP contribution in [0.4, 0.5) is 5.82 Å². The maximum absolute atomic E-state index is 11.3. The maximum Gasteiger partial charge on any atom is 0.325 e. The minimum absolute atomic E-state index is 0.0448.